The number of fused-ring (bicyclic) bond motifs is 1. The van der Waals surface area contributed by atoms with Crippen LogP contribution in [0, 0.1) is 10.6 Å². The third-order valence-corrected chi connectivity index (χ3v) is 3.81. The van der Waals surface area contributed by atoms with E-state index < -0.39 is 0 Å². The SMILES string of the molecule is COc1cc(F)ccc1-n1c(=S)[nH]c2ccc(Br)cc21. The van der Waals surface area contributed by atoms with Gasteiger partial charge < -0.3 is 9.72 Å². The molecule has 0 saturated heterocycles. The lowest BCUT2D eigenvalue weighted by Gasteiger charge is -2.10. The Hall–Kier alpha value is -1.66. The third-order valence-electron chi connectivity index (χ3n) is 3.03. The topological polar surface area (TPSA) is 29.9 Å². The molecule has 0 spiro atoms. The highest BCUT2D eigenvalue weighted by Crippen LogP contribution is 2.29. The second-order valence-corrected chi connectivity index (χ2v) is 5.55. The summed E-state index contributed by atoms with van der Waals surface area (Å²) in [4.78, 5) is 3.13. The molecule has 102 valence electrons. The maximum atomic E-state index is 13.3. The minimum atomic E-state index is -0.349. The first kappa shape index (κ1) is 13.3. The summed E-state index contributed by atoms with van der Waals surface area (Å²) in [6, 6.07) is 10.2. The molecular formula is C14H10BrFN2OS. The summed E-state index contributed by atoms with van der Waals surface area (Å²) in [5.74, 6) is 0.0834. The molecule has 0 unspecified atom stereocenters. The molecule has 20 heavy (non-hydrogen) atoms. The van der Waals surface area contributed by atoms with Crippen molar-refractivity contribution in [1.29, 1.82) is 0 Å². The van der Waals surface area contributed by atoms with E-state index in [1.807, 2.05) is 22.8 Å². The predicted molar refractivity (Wildman–Crippen MR) is 82.7 cm³/mol. The maximum absolute atomic E-state index is 13.3. The van der Waals surface area contributed by atoms with Crippen molar-refractivity contribution in [1.82, 2.24) is 9.55 Å². The van der Waals surface area contributed by atoms with Gasteiger partial charge in [-0.15, -0.1) is 0 Å². The van der Waals surface area contributed by atoms with Crippen LogP contribution in [0.4, 0.5) is 4.39 Å². The zero-order valence-corrected chi connectivity index (χ0v) is 12.9. The van der Waals surface area contributed by atoms with Crippen molar-refractivity contribution in [3.63, 3.8) is 0 Å². The van der Waals surface area contributed by atoms with Gasteiger partial charge in [-0.3, -0.25) is 4.57 Å². The number of H-pyrrole nitrogens is 1. The first-order valence-electron chi connectivity index (χ1n) is 5.84. The Bertz CT molecular complexity index is 856. The number of nitrogens with one attached hydrogen (secondary N) is 1. The molecule has 0 bridgehead atoms. The van der Waals surface area contributed by atoms with E-state index in [4.69, 9.17) is 17.0 Å². The fourth-order valence-electron chi connectivity index (χ4n) is 2.15. The summed E-state index contributed by atoms with van der Waals surface area (Å²) in [6.07, 6.45) is 0. The molecule has 0 aliphatic heterocycles. The van der Waals surface area contributed by atoms with Crippen molar-refractivity contribution in [2.75, 3.05) is 7.11 Å². The molecule has 6 heteroatoms. The minimum Gasteiger partial charge on any atom is -0.494 e. The van der Waals surface area contributed by atoms with Crippen molar-refractivity contribution in [2.24, 2.45) is 0 Å². The fraction of sp³-hybridized carbons (Fsp3) is 0.0714. The number of aromatic amines is 1. The summed E-state index contributed by atoms with van der Waals surface area (Å²) >= 11 is 8.80. The predicted octanol–water partition coefficient (Wildman–Crippen LogP) is 4.60. The largest absolute Gasteiger partial charge is 0.494 e. The summed E-state index contributed by atoms with van der Waals surface area (Å²) < 4.78 is 21.9. The highest BCUT2D eigenvalue weighted by Gasteiger charge is 2.12. The number of benzene rings is 2. The number of aromatic nitrogens is 2. The van der Waals surface area contributed by atoms with Crippen LogP contribution in [-0.2, 0) is 0 Å². The van der Waals surface area contributed by atoms with Crippen LogP contribution in [0.25, 0.3) is 16.7 Å². The van der Waals surface area contributed by atoms with Crippen LogP contribution < -0.4 is 4.74 Å². The molecule has 1 heterocycles. The van der Waals surface area contributed by atoms with Gasteiger partial charge in [-0.05, 0) is 42.5 Å². The molecule has 2 aromatic carbocycles. The summed E-state index contributed by atoms with van der Waals surface area (Å²) in [6.45, 7) is 0. The quantitative estimate of drug-likeness (QED) is 0.683. The monoisotopic (exact) mass is 352 g/mol. The number of hydrogen-bond acceptors (Lipinski definition) is 2. The van der Waals surface area contributed by atoms with Crippen molar-refractivity contribution < 1.29 is 9.13 Å². The molecule has 0 radical (unpaired) electrons. The normalized spacial score (nSPS) is 10.9. The van der Waals surface area contributed by atoms with Crippen LogP contribution in [0.3, 0.4) is 0 Å². The van der Waals surface area contributed by atoms with Crippen LogP contribution >= 0.6 is 28.1 Å². The molecule has 0 amide bonds. The first-order valence-corrected chi connectivity index (χ1v) is 7.04. The van der Waals surface area contributed by atoms with Gasteiger partial charge in [-0.2, -0.15) is 0 Å². The van der Waals surface area contributed by atoms with Gasteiger partial charge in [0.15, 0.2) is 4.77 Å². The molecule has 1 N–H and O–H groups in total. The molecular weight excluding hydrogens is 343 g/mol. The Balaban J connectivity index is 2.37. The summed E-state index contributed by atoms with van der Waals surface area (Å²) in [5.41, 5.74) is 2.50. The Kier molecular flexibility index (Phi) is 3.35. The molecule has 0 fully saturated rings. The molecule has 0 saturated carbocycles. The number of hydrogen-bond donors (Lipinski definition) is 1. The summed E-state index contributed by atoms with van der Waals surface area (Å²) in [7, 11) is 1.51. The Labute approximate surface area is 128 Å². The number of imidazole rings is 1. The fourth-order valence-corrected chi connectivity index (χ4v) is 2.81. The maximum Gasteiger partial charge on any atom is 0.182 e. The third kappa shape index (κ3) is 2.14. The van der Waals surface area contributed by atoms with Gasteiger partial charge in [0.1, 0.15) is 11.6 Å². The van der Waals surface area contributed by atoms with E-state index in [9.17, 15) is 4.39 Å². The van der Waals surface area contributed by atoms with E-state index in [-0.39, 0.29) is 5.82 Å². The Morgan fingerprint density at radius 1 is 1.25 bits per heavy atom. The van der Waals surface area contributed by atoms with Gasteiger partial charge in [0, 0.05) is 10.5 Å². The van der Waals surface area contributed by atoms with Gasteiger partial charge in [0.05, 0.1) is 23.8 Å². The van der Waals surface area contributed by atoms with Gasteiger partial charge in [-0.1, -0.05) is 15.9 Å². The van der Waals surface area contributed by atoms with Crippen LogP contribution in [-0.4, -0.2) is 16.7 Å². The van der Waals surface area contributed by atoms with Crippen molar-refractivity contribution in [3.05, 3.63) is 51.5 Å². The van der Waals surface area contributed by atoms with Gasteiger partial charge >= 0.3 is 0 Å². The zero-order valence-electron chi connectivity index (χ0n) is 10.5. The van der Waals surface area contributed by atoms with Crippen LogP contribution in [0.2, 0.25) is 0 Å². The van der Waals surface area contributed by atoms with E-state index in [1.54, 1.807) is 6.07 Å². The molecule has 3 rings (SSSR count). The minimum absolute atomic E-state index is 0.349. The second kappa shape index (κ2) is 5.03. The molecule has 0 aliphatic rings. The number of nitrogens with zero attached hydrogens (tertiary/aromatic N) is 1. The molecule has 3 nitrogen and oxygen atoms in total. The van der Waals surface area contributed by atoms with Crippen molar-refractivity contribution in [2.45, 2.75) is 0 Å². The lowest BCUT2D eigenvalue weighted by atomic mass is 10.2. The standard InChI is InChI=1S/C14H10BrFN2OS/c1-19-13-7-9(16)3-5-11(13)18-12-6-8(15)2-4-10(12)17-14(18)20/h2-7H,1H3,(H,17,20). The van der Waals surface area contributed by atoms with E-state index in [2.05, 4.69) is 20.9 Å². The van der Waals surface area contributed by atoms with Crippen LogP contribution in [0.1, 0.15) is 0 Å². The second-order valence-electron chi connectivity index (χ2n) is 4.24. The van der Waals surface area contributed by atoms with Crippen molar-refractivity contribution >= 4 is 39.2 Å². The zero-order chi connectivity index (χ0) is 14.3. The smallest absolute Gasteiger partial charge is 0.182 e. The molecule has 1 aromatic heterocycles. The first-order chi connectivity index (χ1) is 9.60. The average Bonchev–Trinajstić information content (AvgIpc) is 2.74. The number of halogens is 2. The lowest BCUT2D eigenvalue weighted by molar-refractivity contribution is 0.409. The average molecular weight is 353 g/mol. The number of ether oxygens (including phenoxy) is 1. The highest BCUT2D eigenvalue weighted by atomic mass is 79.9. The van der Waals surface area contributed by atoms with E-state index in [0.29, 0.717) is 16.2 Å². The number of rotatable bonds is 2. The van der Waals surface area contributed by atoms with Crippen LogP contribution in [0.5, 0.6) is 5.75 Å². The number of methoxy groups -OCH3 is 1. The highest BCUT2D eigenvalue weighted by molar-refractivity contribution is 9.10. The molecule has 0 atom stereocenters. The van der Waals surface area contributed by atoms with E-state index in [0.717, 1.165) is 15.5 Å². The molecule has 0 aliphatic carbocycles. The van der Waals surface area contributed by atoms with Gasteiger partial charge in [0.25, 0.3) is 0 Å². The Morgan fingerprint density at radius 2 is 2.05 bits per heavy atom. The van der Waals surface area contributed by atoms with E-state index >= 15 is 0 Å². The lowest BCUT2D eigenvalue weighted by Crippen LogP contribution is -1.98. The van der Waals surface area contributed by atoms with E-state index in [1.165, 1.54) is 19.2 Å². The Morgan fingerprint density at radius 3 is 2.80 bits per heavy atom. The summed E-state index contributed by atoms with van der Waals surface area (Å²) in [5, 5.41) is 0. The van der Waals surface area contributed by atoms with Crippen molar-refractivity contribution in [3.8, 4) is 11.4 Å². The van der Waals surface area contributed by atoms with Gasteiger partial charge in [0.2, 0.25) is 0 Å². The molecule has 3 aromatic rings. The van der Waals surface area contributed by atoms with Gasteiger partial charge in [-0.25, -0.2) is 4.39 Å². The van der Waals surface area contributed by atoms with Crippen LogP contribution in [0.15, 0.2) is 40.9 Å².